The van der Waals surface area contributed by atoms with Gasteiger partial charge in [-0.3, -0.25) is 4.79 Å². The van der Waals surface area contributed by atoms with Gasteiger partial charge in [0.25, 0.3) is 0 Å². The average molecular weight is 915 g/mol. The number of aliphatic hydroxyl groups is 2. The van der Waals surface area contributed by atoms with Crippen LogP contribution in [0.15, 0.2) is 24.3 Å². The quantitative estimate of drug-likeness (QED) is 0.0421. The minimum atomic E-state index is -0.836. The molecule has 0 aromatic carbocycles. The Morgan fingerprint density at radius 3 is 0.846 bits per heavy atom. The van der Waals surface area contributed by atoms with E-state index in [2.05, 4.69) is 31.3 Å². The van der Waals surface area contributed by atoms with Crippen LogP contribution in [0.1, 0.15) is 341 Å². The first-order valence-corrected chi connectivity index (χ1v) is 30.1. The smallest absolute Gasteiger partial charge is 0.220 e. The van der Waals surface area contributed by atoms with Crippen molar-refractivity contribution in [3.63, 3.8) is 0 Å². The van der Waals surface area contributed by atoms with Crippen LogP contribution >= 0.6 is 0 Å². The van der Waals surface area contributed by atoms with Crippen LogP contribution in [-0.2, 0) is 4.79 Å². The second kappa shape index (κ2) is 57.2. The predicted octanol–water partition coefficient (Wildman–Crippen LogP) is 19.9. The highest BCUT2D eigenvalue weighted by Crippen LogP contribution is 2.18. The summed E-state index contributed by atoms with van der Waals surface area (Å²) in [5, 5.41) is 23.1. The maximum Gasteiger partial charge on any atom is 0.220 e. The molecular formula is C61H119NO3. The summed E-state index contributed by atoms with van der Waals surface area (Å²) in [6.07, 6.45) is 76.6. The van der Waals surface area contributed by atoms with Gasteiger partial charge in [-0.05, 0) is 44.9 Å². The van der Waals surface area contributed by atoms with Gasteiger partial charge in [-0.15, -0.1) is 0 Å². The number of hydrogen-bond acceptors (Lipinski definition) is 3. The fraction of sp³-hybridized carbons (Fsp3) is 0.918. The van der Waals surface area contributed by atoms with E-state index in [0.717, 1.165) is 25.7 Å². The van der Waals surface area contributed by atoms with E-state index in [1.54, 1.807) is 6.08 Å². The molecule has 0 rings (SSSR count). The van der Waals surface area contributed by atoms with Gasteiger partial charge in [-0.2, -0.15) is 0 Å². The lowest BCUT2D eigenvalue weighted by molar-refractivity contribution is -0.123. The molecule has 0 spiro atoms. The maximum atomic E-state index is 12.5. The number of aliphatic hydroxyl groups excluding tert-OH is 2. The van der Waals surface area contributed by atoms with Gasteiger partial charge in [0.2, 0.25) is 5.91 Å². The minimum Gasteiger partial charge on any atom is -0.394 e. The molecule has 0 radical (unpaired) electrons. The number of allylic oxidation sites excluding steroid dienone is 3. The van der Waals surface area contributed by atoms with Crippen LogP contribution in [0.4, 0.5) is 0 Å². The highest BCUT2D eigenvalue weighted by atomic mass is 16.3. The number of rotatable bonds is 56. The largest absolute Gasteiger partial charge is 0.394 e. The highest BCUT2D eigenvalue weighted by molar-refractivity contribution is 5.76. The van der Waals surface area contributed by atoms with E-state index < -0.39 is 12.1 Å². The molecular weight excluding hydrogens is 795 g/mol. The topological polar surface area (TPSA) is 69.6 Å². The number of amides is 1. The SMILES string of the molecule is CCCCCCCCCC/C=C\CCCCCCCCCCCCCCCCCCCCCCCCCCCC(=O)NC(CO)C(O)/C=C/CCCCCCCCCCCCCCCC. The van der Waals surface area contributed by atoms with Crippen LogP contribution in [0.3, 0.4) is 0 Å². The lowest BCUT2D eigenvalue weighted by Gasteiger charge is -2.20. The van der Waals surface area contributed by atoms with Gasteiger partial charge >= 0.3 is 0 Å². The first kappa shape index (κ1) is 63.9. The van der Waals surface area contributed by atoms with E-state index in [1.807, 2.05) is 6.08 Å². The summed E-state index contributed by atoms with van der Waals surface area (Å²) in [5.74, 6) is -0.0569. The molecule has 0 aliphatic heterocycles. The van der Waals surface area contributed by atoms with Crippen molar-refractivity contribution in [2.45, 2.75) is 353 Å². The fourth-order valence-electron chi connectivity index (χ4n) is 9.59. The Kier molecular flexibility index (Phi) is 56.2. The molecule has 386 valence electrons. The summed E-state index contributed by atoms with van der Waals surface area (Å²) >= 11 is 0. The molecule has 1 amide bonds. The Morgan fingerprint density at radius 2 is 0.585 bits per heavy atom. The Labute approximate surface area is 409 Å². The Hall–Kier alpha value is -1.13. The predicted molar refractivity (Wildman–Crippen MR) is 290 cm³/mol. The van der Waals surface area contributed by atoms with Crippen molar-refractivity contribution in [3.8, 4) is 0 Å². The average Bonchev–Trinajstić information content (AvgIpc) is 3.31. The molecule has 0 saturated carbocycles. The third kappa shape index (κ3) is 53.7. The summed E-state index contributed by atoms with van der Waals surface area (Å²) in [6, 6.07) is -0.619. The molecule has 0 aromatic rings. The third-order valence-corrected chi connectivity index (χ3v) is 14.2. The van der Waals surface area contributed by atoms with Crippen molar-refractivity contribution in [3.05, 3.63) is 24.3 Å². The van der Waals surface area contributed by atoms with Crippen LogP contribution in [0, 0.1) is 0 Å². The number of nitrogens with one attached hydrogen (secondary N) is 1. The van der Waals surface area contributed by atoms with E-state index in [4.69, 9.17) is 0 Å². The first-order chi connectivity index (χ1) is 32.2. The van der Waals surface area contributed by atoms with Crippen molar-refractivity contribution in [1.82, 2.24) is 5.32 Å². The Balaban J connectivity index is 3.38. The monoisotopic (exact) mass is 914 g/mol. The van der Waals surface area contributed by atoms with Gasteiger partial charge in [-0.1, -0.05) is 314 Å². The van der Waals surface area contributed by atoms with E-state index in [0.29, 0.717) is 6.42 Å². The lowest BCUT2D eigenvalue weighted by atomic mass is 10.0. The van der Waals surface area contributed by atoms with Crippen molar-refractivity contribution in [1.29, 1.82) is 0 Å². The van der Waals surface area contributed by atoms with Gasteiger partial charge < -0.3 is 15.5 Å². The van der Waals surface area contributed by atoms with Crippen LogP contribution < -0.4 is 5.32 Å². The summed E-state index contributed by atoms with van der Waals surface area (Å²) < 4.78 is 0. The molecule has 4 heteroatoms. The van der Waals surface area contributed by atoms with Gasteiger partial charge in [0.1, 0.15) is 0 Å². The lowest BCUT2D eigenvalue weighted by Crippen LogP contribution is -2.45. The number of unbranched alkanes of at least 4 members (excludes halogenated alkanes) is 47. The summed E-state index contributed by atoms with van der Waals surface area (Å²) in [4.78, 5) is 12.5. The number of hydrogen-bond donors (Lipinski definition) is 3. The zero-order valence-corrected chi connectivity index (χ0v) is 44.5. The first-order valence-electron chi connectivity index (χ1n) is 30.1. The molecule has 4 nitrogen and oxygen atoms in total. The zero-order valence-electron chi connectivity index (χ0n) is 44.5. The third-order valence-electron chi connectivity index (χ3n) is 14.2. The summed E-state index contributed by atoms with van der Waals surface area (Å²) in [5.41, 5.74) is 0. The van der Waals surface area contributed by atoms with Crippen molar-refractivity contribution < 1.29 is 15.0 Å². The van der Waals surface area contributed by atoms with E-state index >= 15 is 0 Å². The molecule has 0 heterocycles. The van der Waals surface area contributed by atoms with Crippen LogP contribution in [-0.4, -0.2) is 34.9 Å². The molecule has 0 aliphatic rings. The van der Waals surface area contributed by atoms with Gasteiger partial charge in [0.05, 0.1) is 18.8 Å². The van der Waals surface area contributed by atoms with Gasteiger partial charge in [0.15, 0.2) is 0 Å². The normalized spacial score (nSPS) is 12.9. The molecule has 0 aliphatic carbocycles. The summed E-state index contributed by atoms with van der Waals surface area (Å²) in [6.45, 7) is 4.34. The standard InChI is InChI=1S/C61H119NO3/c1-3-5-7-9-11-13-15-17-19-21-22-23-24-25-26-27-28-29-30-31-32-33-34-35-36-37-38-39-40-41-43-45-47-49-51-53-55-57-61(65)62-59(58-63)60(64)56-54-52-50-48-46-44-42-20-18-16-14-12-10-8-6-4-2/h21-22,54,56,59-60,63-64H,3-20,23-53,55,57-58H2,1-2H3,(H,62,65)/b22-21-,56-54+. The second-order valence-electron chi connectivity index (χ2n) is 20.8. The molecule has 0 bridgehead atoms. The molecule has 0 fully saturated rings. The van der Waals surface area contributed by atoms with Gasteiger partial charge in [0, 0.05) is 6.42 Å². The van der Waals surface area contributed by atoms with Crippen LogP contribution in [0.2, 0.25) is 0 Å². The highest BCUT2D eigenvalue weighted by Gasteiger charge is 2.18. The van der Waals surface area contributed by atoms with E-state index in [9.17, 15) is 15.0 Å². The molecule has 2 atom stereocenters. The van der Waals surface area contributed by atoms with Crippen molar-refractivity contribution >= 4 is 5.91 Å². The Morgan fingerprint density at radius 1 is 0.354 bits per heavy atom. The van der Waals surface area contributed by atoms with E-state index in [-0.39, 0.29) is 12.5 Å². The maximum absolute atomic E-state index is 12.5. The van der Waals surface area contributed by atoms with Crippen molar-refractivity contribution in [2.75, 3.05) is 6.61 Å². The zero-order chi connectivity index (χ0) is 47.0. The van der Waals surface area contributed by atoms with Gasteiger partial charge in [-0.25, -0.2) is 0 Å². The second-order valence-corrected chi connectivity index (χ2v) is 20.8. The molecule has 3 N–H and O–H groups in total. The molecule has 65 heavy (non-hydrogen) atoms. The van der Waals surface area contributed by atoms with Crippen LogP contribution in [0.5, 0.6) is 0 Å². The van der Waals surface area contributed by atoms with Crippen molar-refractivity contribution in [2.24, 2.45) is 0 Å². The Bertz CT molecular complexity index is 947. The van der Waals surface area contributed by atoms with Crippen LogP contribution in [0.25, 0.3) is 0 Å². The fourth-order valence-corrected chi connectivity index (χ4v) is 9.59. The molecule has 0 aromatic heterocycles. The molecule has 0 saturated heterocycles. The minimum absolute atomic E-state index is 0.0569. The van der Waals surface area contributed by atoms with E-state index in [1.165, 1.54) is 295 Å². The molecule has 2 unspecified atom stereocenters. The number of carbonyl (C=O) groups is 1. The number of carbonyl (C=O) groups excluding carboxylic acids is 1. The summed E-state index contributed by atoms with van der Waals surface area (Å²) in [7, 11) is 0.